The lowest BCUT2D eigenvalue weighted by Crippen LogP contribution is -2.45. The zero-order valence-corrected chi connectivity index (χ0v) is 12.8. The third kappa shape index (κ3) is 2.42. The molecule has 2 aliphatic heterocycles. The molecule has 0 radical (unpaired) electrons. The van der Waals surface area contributed by atoms with Gasteiger partial charge in [0.1, 0.15) is 0 Å². The molecule has 110 valence electrons. The highest BCUT2D eigenvalue weighted by Crippen LogP contribution is 2.30. The molecule has 21 heavy (non-hydrogen) atoms. The van der Waals surface area contributed by atoms with Crippen LogP contribution in [-0.4, -0.2) is 37.1 Å². The highest BCUT2D eigenvalue weighted by molar-refractivity contribution is 5.85. The monoisotopic (exact) mass is 280 g/mol. The number of rotatable bonds is 1. The van der Waals surface area contributed by atoms with Crippen molar-refractivity contribution < 1.29 is 0 Å². The van der Waals surface area contributed by atoms with Gasteiger partial charge in [0.15, 0.2) is 0 Å². The van der Waals surface area contributed by atoms with Gasteiger partial charge in [-0.25, -0.2) is 0 Å². The van der Waals surface area contributed by atoms with Crippen molar-refractivity contribution in [2.45, 2.75) is 37.8 Å². The second-order valence-electron chi connectivity index (χ2n) is 6.67. The maximum atomic E-state index is 2.64. The van der Waals surface area contributed by atoms with Crippen LogP contribution in [0.1, 0.15) is 25.7 Å². The van der Waals surface area contributed by atoms with Crippen LogP contribution in [0.3, 0.4) is 0 Å². The molecule has 2 heteroatoms. The van der Waals surface area contributed by atoms with Gasteiger partial charge >= 0.3 is 0 Å². The maximum Gasteiger partial charge on any atom is 0.0373 e. The molecule has 0 N–H and O–H groups in total. The lowest BCUT2D eigenvalue weighted by atomic mass is 9.96. The number of piperidine rings is 1. The molecule has 2 heterocycles. The van der Waals surface area contributed by atoms with Crippen LogP contribution in [0.25, 0.3) is 10.8 Å². The molecule has 2 aliphatic rings. The highest BCUT2D eigenvalue weighted by atomic mass is 15.3. The average molecular weight is 280 g/mol. The molecule has 2 saturated heterocycles. The minimum atomic E-state index is 0.734. The first kappa shape index (κ1) is 13.1. The summed E-state index contributed by atoms with van der Waals surface area (Å²) in [6, 6.07) is 17.1. The number of benzene rings is 2. The quantitative estimate of drug-likeness (QED) is 0.781. The molecule has 2 unspecified atom stereocenters. The first-order valence-corrected chi connectivity index (χ1v) is 8.27. The van der Waals surface area contributed by atoms with Crippen LogP contribution in [-0.2, 0) is 0 Å². The van der Waals surface area contributed by atoms with E-state index in [1.165, 1.54) is 55.2 Å². The first-order valence-electron chi connectivity index (χ1n) is 8.27. The molecule has 0 saturated carbocycles. The molecule has 0 amide bonds. The van der Waals surface area contributed by atoms with Gasteiger partial charge in [-0.15, -0.1) is 0 Å². The van der Waals surface area contributed by atoms with E-state index >= 15 is 0 Å². The van der Waals surface area contributed by atoms with E-state index in [9.17, 15) is 0 Å². The molecular formula is C19H24N2. The van der Waals surface area contributed by atoms with E-state index in [1.807, 2.05) is 0 Å². The van der Waals surface area contributed by atoms with Crippen LogP contribution in [0.4, 0.5) is 5.69 Å². The van der Waals surface area contributed by atoms with E-state index in [0.717, 1.165) is 12.1 Å². The summed E-state index contributed by atoms with van der Waals surface area (Å²) in [6.45, 7) is 2.38. The molecule has 4 rings (SSSR count). The fourth-order valence-electron chi connectivity index (χ4n) is 4.12. The predicted octanol–water partition coefficient (Wildman–Crippen LogP) is 3.90. The summed E-state index contributed by atoms with van der Waals surface area (Å²) in [7, 11) is 2.33. The second kappa shape index (κ2) is 5.34. The summed E-state index contributed by atoms with van der Waals surface area (Å²) in [4.78, 5) is 5.25. The number of likely N-dealkylation sites (N-methyl/N-ethyl adjacent to an activating group) is 1. The minimum absolute atomic E-state index is 0.734. The molecule has 2 atom stereocenters. The van der Waals surface area contributed by atoms with E-state index < -0.39 is 0 Å². The zero-order valence-electron chi connectivity index (χ0n) is 12.8. The van der Waals surface area contributed by atoms with Crippen molar-refractivity contribution in [2.24, 2.45) is 0 Å². The van der Waals surface area contributed by atoms with Crippen LogP contribution in [0.15, 0.2) is 42.5 Å². The van der Waals surface area contributed by atoms with Gasteiger partial charge in [-0.3, -0.25) is 4.90 Å². The standard InChI is InChI=1S/C19H24N2/c1-20-17-7-4-8-19(20)14-21(12-11-17)18-10-9-15-5-2-3-6-16(15)13-18/h2-3,5-6,9-10,13,17,19H,4,7-8,11-12,14H2,1H3. The van der Waals surface area contributed by atoms with Gasteiger partial charge in [0, 0.05) is 30.9 Å². The first-order chi connectivity index (χ1) is 10.3. The summed E-state index contributed by atoms with van der Waals surface area (Å²) < 4.78 is 0. The van der Waals surface area contributed by atoms with Gasteiger partial charge in [-0.1, -0.05) is 36.8 Å². The third-order valence-corrected chi connectivity index (χ3v) is 5.49. The Hall–Kier alpha value is -1.54. The summed E-state index contributed by atoms with van der Waals surface area (Å²) in [5, 5.41) is 2.70. The summed E-state index contributed by atoms with van der Waals surface area (Å²) in [6.07, 6.45) is 5.46. The van der Waals surface area contributed by atoms with Gasteiger partial charge in [0.25, 0.3) is 0 Å². The molecule has 2 nitrogen and oxygen atoms in total. The number of nitrogens with zero attached hydrogens (tertiary/aromatic N) is 2. The van der Waals surface area contributed by atoms with Crippen molar-refractivity contribution in [3.05, 3.63) is 42.5 Å². The van der Waals surface area contributed by atoms with Crippen LogP contribution in [0.2, 0.25) is 0 Å². The van der Waals surface area contributed by atoms with E-state index in [1.54, 1.807) is 0 Å². The maximum absolute atomic E-state index is 2.64. The molecule has 0 aliphatic carbocycles. The van der Waals surface area contributed by atoms with Crippen LogP contribution in [0.5, 0.6) is 0 Å². The van der Waals surface area contributed by atoms with Crippen molar-refractivity contribution in [3.8, 4) is 0 Å². The Kier molecular flexibility index (Phi) is 3.34. The molecule has 2 aromatic carbocycles. The predicted molar refractivity (Wildman–Crippen MR) is 90.0 cm³/mol. The molecule has 2 bridgehead atoms. The van der Waals surface area contributed by atoms with Gasteiger partial charge in [-0.05, 0) is 49.2 Å². The van der Waals surface area contributed by atoms with E-state index in [4.69, 9.17) is 0 Å². The Morgan fingerprint density at radius 2 is 1.71 bits per heavy atom. The number of anilines is 1. The van der Waals surface area contributed by atoms with Crippen molar-refractivity contribution in [1.82, 2.24) is 4.90 Å². The van der Waals surface area contributed by atoms with Crippen molar-refractivity contribution in [1.29, 1.82) is 0 Å². The van der Waals surface area contributed by atoms with E-state index in [0.29, 0.717) is 0 Å². The second-order valence-corrected chi connectivity index (χ2v) is 6.67. The smallest absolute Gasteiger partial charge is 0.0373 e. The summed E-state index contributed by atoms with van der Waals surface area (Å²) in [5.41, 5.74) is 1.40. The van der Waals surface area contributed by atoms with Crippen molar-refractivity contribution in [2.75, 3.05) is 25.0 Å². The third-order valence-electron chi connectivity index (χ3n) is 5.49. The molecule has 0 aromatic heterocycles. The Bertz CT molecular complexity index is 636. The lowest BCUT2D eigenvalue weighted by molar-refractivity contribution is 0.127. The van der Waals surface area contributed by atoms with Crippen LogP contribution in [0, 0.1) is 0 Å². The highest BCUT2D eigenvalue weighted by Gasteiger charge is 2.32. The largest absolute Gasteiger partial charge is 0.370 e. The van der Waals surface area contributed by atoms with E-state index in [2.05, 4.69) is 59.3 Å². The average Bonchev–Trinajstić information content (AvgIpc) is 2.62. The van der Waals surface area contributed by atoms with Gasteiger partial charge in [0.05, 0.1) is 0 Å². The Morgan fingerprint density at radius 3 is 2.62 bits per heavy atom. The van der Waals surface area contributed by atoms with Crippen LogP contribution < -0.4 is 4.90 Å². The Morgan fingerprint density at radius 1 is 0.905 bits per heavy atom. The topological polar surface area (TPSA) is 6.48 Å². The molecular weight excluding hydrogens is 256 g/mol. The minimum Gasteiger partial charge on any atom is -0.370 e. The zero-order chi connectivity index (χ0) is 14.2. The number of fused-ring (bicyclic) bond motifs is 3. The molecule has 2 aromatic rings. The fourth-order valence-corrected chi connectivity index (χ4v) is 4.12. The lowest BCUT2D eigenvalue weighted by Gasteiger charge is -2.37. The summed E-state index contributed by atoms with van der Waals surface area (Å²) >= 11 is 0. The van der Waals surface area contributed by atoms with Gasteiger partial charge in [-0.2, -0.15) is 0 Å². The fraction of sp³-hybridized carbons (Fsp3) is 0.474. The molecule has 2 fully saturated rings. The number of hydrogen-bond donors (Lipinski definition) is 0. The SMILES string of the molecule is CN1C2CCCC1CN(c1ccc3ccccc3c1)CC2. The van der Waals surface area contributed by atoms with Crippen LogP contribution >= 0.6 is 0 Å². The Labute approximate surface area is 127 Å². The molecule has 0 spiro atoms. The van der Waals surface area contributed by atoms with Gasteiger partial charge in [0.2, 0.25) is 0 Å². The Balaban J connectivity index is 1.65. The van der Waals surface area contributed by atoms with Crippen molar-refractivity contribution >= 4 is 16.5 Å². The van der Waals surface area contributed by atoms with Crippen molar-refractivity contribution in [3.63, 3.8) is 0 Å². The van der Waals surface area contributed by atoms with Gasteiger partial charge < -0.3 is 4.90 Å². The van der Waals surface area contributed by atoms with E-state index in [-0.39, 0.29) is 0 Å². The summed E-state index contributed by atoms with van der Waals surface area (Å²) in [5.74, 6) is 0. The number of hydrogen-bond acceptors (Lipinski definition) is 2. The normalized spacial score (nSPS) is 26.8.